The number of benzene rings is 1. The molecule has 0 atom stereocenters. The van der Waals surface area contributed by atoms with Gasteiger partial charge in [-0.2, -0.15) is 0 Å². The Labute approximate surface area is 120 Å². The van der Waals surface area contributed by atoms with Crippen molar-refractivity contribution in [1.82, 2.24) is 4.90 Å². The molecule has 6 heteroatoms. The first-order valence-electron chi connectivity index (χ1n) is 5.65. The van der Waals surface area contributed by atoms with Crippen LogP contribution in [0.2, 0.25) is 0 Å². The molecule has 0 radical (unpaired) electrons. The van der Waals surface area contributed by atoms with Crippen molar-refractivity contribution in [2.24, 2.45) is 0 Å². The third kappa shape index (κ3) is 3.96. The number of carbonyl (C=O) groups excluding carboxylic acids is 1. The van der Waals surface area contributed by atoms with E-state index < -0.39 is 24.0 Å². The predicted octanol–water partition coefficient (Wildman–Crippen LogP) is 2.48. The lowest BCUT2D eigenvalue weighted by atomic mass is 10.0. The first-order chi connectivity index (χ1) is 8.62. The van der Waals surface area contributed by atoms with Gasteiger partial charge in [-0.1, -0.05) is 15.9 Å². The van der Waals surface area contributed by atoms with Gasteiger partial charge in [0.2, 0.25) is 0 Å². The van der Waals surface area contributed by atoms with Gasteiger partial charge < -0.3 is 15.1 Å². The molecule has 1 aromatic carbocycles. The molecule has 0 heterocycles. The fourth-order valence-corrected chi connectivity index (χ4v) is 1.93. The Bertz CT molecular complexity index is 508. The highest BCUT2D eigenvalue weighted by Crippen LogP contribution is 2.26. The van der Waals surface area contributed by atoms with Crippen LogP contribution < -0.4 is 0 Å². The van der Waals surface area contributed by atoms with Gasteiger partial charge in [0.1, 0.15) is 12.3 Å². The highest BCUT2D eigenvalue weighted by atomic mass is 79.9. The third-order valence-corrected chi connectivity index (χ3v) is 3.03. The molecule has 0 fully saturated rings. The zero-order valence-electron chi connectivity index (χ0n) is 11.0. The van der Waals surface area contributed by atoms with E-state index in [1.54, 1.807) is 26.8 Å². The zero-order valence-corrected chi connectivity index (χ0v) is 12.6. The van der Waals surface area contributed by atoms with Gasteiger partial charge in [-0.05, 0) is 39.0 Å². The van der Waals surface area contributed by atoms with Crippen LogP contribution in [0.5, 0.6) is 5.75 Å². The maximum absolute atomic E-state index is 12.3. The number of nitrogens with zero attached hydrogens (tertiary/aromatic N) is 1. The van der Waals surface area contributed by atoms with E-state index in [2.05, 4.69) is 15.9 Å². The van der Waals surface area contributed by atoms with E-state index in [9.17, 15) is 14.7 Å². The molecule has 0 bridgehead atoms. The van der Waals surface area contributed by atoms with Crippen LogP contribution in [0.1, 0.15) is 31.1 Å². The van der Waals surface area contributed by atoms with Crippen molar-refractivity contribution in [2.75, 3.05) is 6.54 Å². The largest absolute Gasteiger partial charge is 0.507 e. The number of phenols is 1. The second kappa shape index (κ2) is 5.61. The lowest BCUT2D eigenvalue weighted by molar-refractivity contribution is -0.138. The van der Waals surface area contributed by atoms with E-state index >= 15 is 0 Å². The minimum absolute atomic E-state index is 0.0828. The van der Waals surface area contributed by atoms with Gasteiger partial charge in [0.25, 0.3) is 5.91 Å². The van der Waals surface area contributed by atoms with Crippen LogP contribution in [-0.2, 0) is 4.79 Å². The summed E-state index contributed by atoms with van der Waals surface area (Å²) in [5.74, 6) is -1.79. The zero-order chi connectivity index (χ0) is 14.8. The average Bonchev–Trinajstić information content (AvgIpc) is 2.23. The summed E-state index contributed by atoms with van der Waals surface area (Å²) < 4.78 is 0.641. The molecule has 2 N–H and O–H groups in total. The molecule has 104 valence electrons. The second-order valence-corrected chi connectivity index (χ2v) is 6.03. The molecule has 1 amide bonds. The van der Waals surface area contributed by atoms with Crippen molar-refractivity contribution in [3.63, 3.8) is 0 Å². The average molecular weight is 330 g/mol. The van der Waals surface area contributed by atoms with Crippen molar-refractivity contribution in [3.05, 3.63) is 28.2 Å². The summed E-state index contributed by atoms with van der Waals surface area (Å²) in [6.45, 7) is 4.80. The summed E-state index contributed by atoms with van der Waals surface area (Å²) in [5.41, 5.74) is -0.575. The van der Waals surface area contributed by atoms with Crippen molar-refractivity contribution in [2.45, 2.75) is 26.3 Å². The predicted molar refractivity (Wildman–Crippen MR) is 74.2 cm³/mol. The van der Waals surface area contributed by atoms with E-state index in [0.717, 1.165) is 0 Å². The van der Waals surface area contributed by atoms with Crippen LogP contribution in [0, 0.1) is 0 Å². The number of hydrogen-bond acceptors (Lipinski definition) is 3. The van der Waals surface area contributed by atoms with E-state index in [1.165, 1.54) is 17.0 Å². The van der Waals surface area contributed by atoms with Crippen LogP contribution in [0.15, 0.2) is 22.7 Å². The number of amides is 1. The summed E-state index contributed by atoms with van der Waals surface area (Å²) in [6.07, 6.45) is 0. The molecule has 0 unspecified atom stereocenters. The second-order valence-electron chi connectivity index (χ2n) is 5.12. The van der Waals surface area contributed by atoms with E-state index in [-0.39, 0.29) is 11.3 Å². The Morgan fingerprint density at radius 2 is 1.89 bits per heavy atom. The Kier molecular flexibility index (Phi) is 4.57. The number of carboxylic acid groups (broad SMARTS) is 1. The van der Waals surface area contributed by atoms with Crippen molar-refractivity contribution >= 4 is 27.8 Å². The normalized spacial score (nSPS) is 11.2. The number of aromatic hydroxyl groups is 1. The van der Waals surface area contributed by atoms with Crippen molar-refractivity contribution in [1.29, 1.82) is 0 Å². The Balaban J connectivity index is 3.16. The minimum Gasteiger partial charge on any atom is -0.507 e. The van der Waals surface area contributed by atoms with E-state index in [1.807, 2.05) is 0 Å². The molecule has 1 aromatic rings. The smallest absolute Gasteiger partial charge is 0.323 e. The summed E-state index contributed by atoms with van der Waals surface area (Å²) >= 11 is 3.18. The van der Waals surface area contributed by atoms with Crippen LogP contribution in [-0.4, -0.2) is 39.1 Å². The third-order valence-electron chi connectivity index (χ3n) is 2.54. The number of phenolic OH excluding ortho intramolecular Hbond substituents is 1. The summed E-state index contributed by atoms with van der Waals surface area (Å²) in [7, 11) is 0. The van der Waals surface area contributed by atoms with Gasteiger partial charge in [-0.3, -0.25) is 9.59 Å². The number of halogens is 1. The molecule has 0 aliphatic rings. The molecule has 0 aliphatic heterocycles. The minimum atomic E-state index is -1.10. The quantitative estimate of drug-likeness (QED) is 0.893. The van der Waals surface area contributed by atoms with Crippen LogP contribution in [0.4, 0.5) is 0 Å². The van der Waals surface area contributed by atoms with Crippen molar-refractivity contribution in [3.8, 4) is 5.75 Å². The van der Waals surface area contributed by atoms with Crippen LogP contribution >= 0.6 is 15.9 Å². The molecule has 0 saturated heterocycles. The maximum atomic E-state index is 12.3. The monoisotopic (exact) mass is 329 g/mol. The van der Waals surface area contributed by atoms with Gasteiger partial charge >= 0.3 is 5.97 Å². The first kappa shape index (κ1) is 15.5. The molecular formula is C13H16BrNO4. The first-order valence-corrected chi connectivity index (χ1v) is 6.44. The Morgan fingerprint density at radius 1 is 1.32 bits per heavy atom. The number of carbonyl (C=O) groups is 2. The summed E-state index contributed by atoms with van der Waals surface area (Å²) in [5, 5.41) is 18.7. The molecule has 0 aromatic heterocycles. The fraction of sp³-hybridized carbons (Fsp3) is 0.385. The summed E-state index contributed by atoms with van der Waals surface area (Å²) in [6, 6.07) is 4.48. The SMILES string of the molecule is CC(C)(C)N(CC(=O)O)C(=O)c1ccc(Br)cc1O. The number of hydrogen-bond donors (Lipinski definition) is 2. The van der Waals surface area contributed by atoms with Gasteiger partial charge in [-0.15, -0.1) is 0 Å². The van der Waals surface area contributed by atoms with Gasteiger partial charge in [0.05, 0.1) is 5.56 Å². The maximum Gasteiger partial charge on any atom is 0.323 e. The lowest BCUT2D eigenvalue weighted by Crippen LogP contribution is -2.48. The van der Waals surface area contributed by atoms with Gasteiger partial charge in [0, 0.05) is 10.0 Å². The van der Waals surface area contributed by atoms with Crippen molar-refractivity contribution < 1.29 is 19.8 Å². The topological polar surface area (TPSA) is 77.8 Å². The number of aliphatic carboxylic acids is 1. The lowest BCUT2D eigenvalue weighted by Gasteiger charge is -2.34. The van der Waals surface area contributed by atoms with Gasteiger partial charge in [-0.25, -0.2) is 0 Å². The highest BCUT2D eigenvalue weighted by molar-refractivity contribution is 9.10. The molecule has 0 saturated carbocycles. The molecule has 1 rings (SSSR count). The van der Waals surface area contributed by atoms with Crippen LogP contribution in [0.3, 0.4) is 0 Å². The molecule has 0 aliphatic carbocycles. The van der Waals surface area contributed by atoms with E-state index in [0.29, 0.717) is 4.47 Å². The van der Waals surface area contributed by atoms with Gasteiger partial charge in [0.15, 0.2) is 0 Å². The Hall–Kier alpha value is -1.56. The Morgan fingerprint density at radius 3 is 2.32 bits per heavy atom. The highest BCUT2D eigenvalue weighted by Gasteiger charge is 2.30. The fourth-order valence-electron chi connectivity index (χ4n) is 1.58. The number of rotatable bonds is 3. The molecule has 5 nitrogen and oxygen atoms in total. The van der Waals surface area contributed by atoms with E-state index in [4.69, 9.17) is 5.11 Å². The summed E-state index contributed by atoms with van der Waals surface area (Å²) in [4.78, 5) is 24.4. The van der Waals surface area contributed by atoms with Crippen LogP contribution in [0.25, 0.3) is 0 Å². The molecule has 19 heavy (non-hydrogen) atoms. The number of carboxylic acids is 1. The molecule has 0 spiro atoms. The standard InChI is InChI=1S/C13H16BrNO4/c1-13(2,3)15(7-11(17)18)12(19)9-5-4-8(14)6-10(9)16/h4-6,16H,7H2,1-3H3,(H,17,18). The molecular weight excluding hydrogens is 314 g/mol.